The van der Waals surface area contributed by atoms with Gasteiger partial charge in [0.15, 0.2) is 10.9 Å². The number of benzene rings is 2. The quantitative estimate of drug-likeness (QED) is 0.278. The molecule has 4 aromatic rings. The molecular weight excluding hydrogens is 510 g/mol. The van der Waals surface area contributed by atoms with Crippen molar-refractivity contribution >= 4 is 75.2 Å². The first kappa shape index (κ1) is 22.9. The van der Waals surface area contributed by atoms with Crippen molar-refractivity contribution in [3.8, 4) is 0 Å². The molecule has 32 heavy (non-hydrogen) atoms. The fourth-order valence-corrected chi connectivity index (χ4v) is 4.05. The lowest BCUT2D eigenvalue weighted by molar-refractivity contribution is 0.687. The van der Waals surface area contributed by atoms with E-state index < -0.39 is 0 Å². The van der Waals surface area contributed by atoms with Gasteiger partial charge in [0, 0.05) is 27.5 Å². The third-order valence-electron chi connectivity index (χ3n) is 4.48. The van der Waals surface area contributed by atoms with Crippen LogP contribution in [0, 0.1) is 0 Å². The zero-order valence-corrected chi connectivity index (χ0v) is 20.2. The molecule has 2 aromatic carbocycles. The maximum Gasteiger partial charge on any atom is 0.176 e. The third kappa shape index (κ3) is 5.74. The van der Waals surface area contributed by atoms with Gasteiger partial charge in [0.2, 0.25) is 0 Å². The van der Waals surface area contributed by atoms with Crippen molar-refractivity contribution in [2.75, 3.05) is 10.6 Å². The fraction of sp³-hybridized carbons (Fsp3) is 0.0952. The van der Waals surface area contributed by atoms with Crippen molar-refractivity contribution in [3.05, 3.63) is 92.3 Å². The summed E-state index contributed by atoms with van der Waals surface area (Å²) in [5.74, 6) is 0.428. The highest BCUT2D eigenvalue weighted by Gasteiger charge is 2.11. The number of rotatable bonds is 6. The summed E-state index contributed by atoms with van der Waals surface area (Å²) in [6, 6.07) is 12.9. The van der Waals surface area contributed by atoms with Gasteiger partial charge in [-0.2, -0.15) is 10.2 Å². The fourth-order valence-electron chi connectivity index (χ4n) is 2.97. The van der Waals surface area contributed by atoms with Gasteiger partial charge in [0.25, 0.3) is 0 Å². The molecule has 0 aliphatic rings. The first-order valence-electron chi connectivity index (χ1n) is 9.38. The van der Waals surface area contributed by atoms with Crippen LogP contribution < -0.4 is 10.6 Å². The van der Waals surface area contributed by atoms with Crippen LogP contribution in [0.5, 0.6) is 0 Å². The maximum atomic E-state index is 6.32. The molecule has 6 nitrogen and oxygen atoms in total. The van der Waals surface area contributed by atoms with Gasteiger partial charge < -0.3 is 10.6 Å². The Kier molecular flexibility index (Phi) is 7.23. The van der Waals surface area contributed by atoms with Gasteiger partial charge >= 0.3 is 0 Å². The molecule has 164 valence electrons. The molecule has 0 saturated carbocycles. The zero-order chi connectivity index (χ0) is 22.7. The molecule has 0 fully saturated rings. The smallest absolute Gasteiger partial charge is 0.176 e. The van der Waals surface area contributed by atoms with E-state index in [0.29, 0.717) is 44.1 Å². The van der Waals surface area contributed by atoms with Crippen molar-refractivity contribution in [3.63, 3.8) is 0 Å². The van der Waals surface area contributed by atoms with Crippen LogP contribution in [0.3, 0.4) is 0 Å². The minimum atomic E-state index is 0.332. The average molecular weight is 526 g/mol. The average Bonchev–Trinajstić information content (AvgIpc) is 3.32. The molecule has 0 aliphatic heterocycles. The van der Waals surface area contributed by atoms with Crippen LogP contribution in [0.2, 0.25) is 20.1 Å². The minimum Gasteiger partial charge on any atom is -0.330 e. The molecule has 0 radical (unpaired) electrons. The highest BCUT2D eigenvalue weighted by Crippen LogP contribution is 2.24. The Bertz CT molecular complexity index is 1270. The molecule has 0 aliphatic carbocycles. The summed E-state index contributed by atoms with van der Waals surface area (Å²) in [6.07, 6.45) is 5.20. The van der Waals surface area contributed by atoms with Gasteiger partial charge in [-0.05, 0) is 41.5 Å². The third-order valence-corrected chi connectivity index (χ3v) is 5.91. The summed E-state index contributed by atoms with van der Waals surface area (Å²) in [6.45, 7) is 0.984. The van der Waals surface area contributed by atoms with E-state index in [2.05, 4.69) is 20.8 Å². The van der Waals surface area contributed by atoms with E-state index >= 15 is 0 Å². The minimum absolute atomic E-state index is 0.332. The Morgan fingerprint density at radius 1 is 0.844 bits per heavy atom. The molecule has 0 unspecified atom stereocenters. The Hall–Kier alpha value is -2.29. The highest BCUT2D eigenvalue weighted by molar-refractivity contribution is 7.80. The van der Waals surface area contributed by atoms with E-state index in [9.17, 15) is 0 Å². The summed E-state index contributed by atoms with van der Waals surface area (Å²) in [7, 11) is 0. The summed E-state index contributed by atoms with van der Waals surface area (Å²) >= 11 is 30.1. The SMILES string of the molecule is S=C(Nc1cnn(Cc2ccccc2Cl)c1)Nc1nn(Cc2ccc(Cl)cc2Cl)cc1Cl. The van der Waals surface area contributed by atoms with Crippen molar-refractivity contribution in [2.45, 2.75) is 13.1 Å². The number of nitrogens with one attached hydrogen (secondary N) is 2. The van der Waals surface area contributed by atoms with Crippen LogP contribution in [0.25, 0.3) is 0 Å². The second kappa shape index (κ2) is 10.1. The summed E-state index contributed by atoms with van der Waals surface area (Å²) in [4.78, 5) is 0. The number of aromatic nitrogens is 4. The highest BCUT2D eigenvalue weighted by atomic mass is 35.5. The molecule has 2 aromatic heterocycles. The zero-order valence-electron chi connectivity index (χ0n) is 16.4. The van der Waals surface area contributed by atoms with E-state index in [1.165, 1.54) is 0 Å². The number of hydrogen-bond donors (Lipinski definition) is 2. The summed E-state index contributed by atoms with van der Waals surface area (Å²) in [5, 5.41) is 17.4. The van der Waals surface area contributed by atoms with Crippen molar-refractivity contribution in [2.24, 2.45) is 0 Å². The number of nitrogens with zero attached hydrogens (tertiary/aromatic N) is 4. The lowest BCUT2D eigenvalue weighted by atomic mass is 10.2. The Morgan fingerprint density at radius 3 is 2.38 bits per heavy atom. The first-order valence-corrected chi connectivity index (χ1v) is 11.3. The molecule has 0 bridgehead atoms. The van der Waals surface area contributed by atoms with Crippen LogP contribution in [0.15, 0.2) is 61.1 Å². The predicted octanol–water partition coefficient (Wildman–Crippen LogP) is 6.60. The number of halogens is 4. The first-order chi connectivity index (χ1) is 15.4. The predicted molar refractivity (Wildman–Crippen MR) is 135 cm³/mol. The van der Waals surface area contributed by atoms with E-state index in [4.69, 9.17) is 58.6 Å². The van der Waals surface area contributed by atoms with Crippen molar-refractivity contribution in [1.82, 2.24) is 19.6 Å². The molecule has 0 amide bonds. The van der Waals surface area contributed by atoms with Gasteiger partial charge in [0.05, 0.1) is 25.0 Å². The topological polar surface area (TPSA) is 59.7 Å². The molecular formula is C21H16Cl4N6S. The normalized spacial score (nSPS) is 10.9. The van der Waals surface area contributed by atoms with E-state index in [1.54, 1.807) is 33.9 Å². The molecule has 4 rings (SSSR count). The molecule has 2 N–H and O–H groups in total. The molecule has 0 saturated heterocycles. The van der Waals surface area contributed by atoms with Crippen LogP contribution >= 0.6 is 58.6 Å². The number of anilines is 2. The Labute approximate surface area is 210 Å². The standard InChI is InChI=1S/C21H16Cl4N6S/c22-15-6-5-14(18(24)7-15)10-31-12-19(25)20(29-31)28-21(32)27-16-8-26-30(11-16)9-13-3-1-2-4-17(13)23/h1-8,11-12H,9-10H2,(H2,27,28,29,32). The Balaban J connectivity index is 1.37. The van der Waals surface area contributed by atoms with Gasteiger partial charge in [-0.25, -0.2) is 0 Å². The van der Waals surface area contributed by atoms with Gasteiger partial charge in [-0.1, -0.05) is 70.7 Å². The van der Waals surface area contributed by atoms with E-state index in [1.807, 2.05) is 36.5 Å². The Morgan fingerprint density at radius 2 is 1.59 bits per heavy atom. The van der Waals surface area contributed by atoms with E-state index in [-0.39, 0.29) is 0 Å². The maximum absolute atomic E-state index is 6.32. The van der Waals surface area contributed by atoms with Gasteiger partial charge in [0.1, 0.15) is 5.02 Å². The van der Waals surface area contributed by atoms with Gasteiger partial charge in [-0.3, -0.25) is 9.36 Å². The van der Waals surface area contributed by atoms with Crippen molar-refractivity contribution in [1.29, 1.82) is 0 Å². The largest absolute Gasteiger partial charge is 0.330 e. The van der Waals surface area contributed by atoms with Crippen LogP contribution in [0.4, 0.5) is 11.5 Å². The molecule has 2 heterocycles. The molecule has 0 atom stereocenters. The summed E-state index contributed by atoms with van der Waals surface area (Å²) < 4.78 is 3.44. The van der Waals surface area contributed by atoms with Gasteiger partial charge in [-0.15, -0.1) is 0 Å². The second-order valence-corrected chi connectivity index (χ2v) is 8.92. The van der Waals surface area contributed by atoms with Crippen LogP contribution in [-0.4, -0.2) is 24.7 Å². The van der Waals surface area contributed by atoms with Crippen LogP contribution in [-0.2, 0) is 13.1 Å². The number of thiocarbonyl (C=S) groups is 1. The van der Waals surface area contributed by atoms with E-state index in [0.717, 1.165) is 16.8 Å². The number of hydrogen-bond acceptors (Lipinski definition) is 3. The molecule has 11 heteroatoms. The molecule has 0 spiro atoms. The van der Waals surface area contributed by atoms with Crippen LogP contribution in [0.1, 0.15) is 11.1 Å². The second-order valence-electron chi connectivity index (χ2n) is 6.86. The monoisotopic (exact) mass is 524 g/mol. The summed E-state index contributed by atoms with van der Waals surface area (Å²) in [5.41, 5.74) is 2.56. The lowest BCUT2D eigenvalue weighted by Crippen LogP contribution is -2.19. The lowest BCUT2D eigenvalue weighted by Gasteiger charge is -2.07. The van der Waals surface area contributed by atoms with Crippen molar-refractivity contribution < 1.29 is 0 Å².